The van der Waals surface area contributed by atoms with E-state index in [0.717, 1.165) is 23.4 Å². The summed E-state index contributed by atoms with van der Waals surface area (Å²) in [5.41, 5.74) is 4.18. The molecule has 3 aromatic rings. The Bertz CT molecular complexity index is 825. The third-order valence-electron chi connectivity index (χ3n) is 3.78. The van der Waals surface area contributed by atoms with Crippen molar-refractivity contribution in [3.63, 3.8) is 0 Å². The van der Waals surface area contributed by atoms with Crippen molar-refractivity contribution in [2.24, 2.45) is 7.05 Å². The SMILES string of the molecule is Cc1c(CNC(=O)Nc2nc(Cc3ccccc3)cs2)cnn1C. The fourth-order valence-electron chi connectivity index (χ4n) is 2.29. The summed E-state index contributed by atoms with van der Waals surface area (Å²) >= 11 is 1.43. The number of benzene rings is 1. The number of urea groups is 1. The van der Waals surface area contributed by atoms with Crippen molar-refractivity contribution in [2.45, 2.75) is 19.9 Å². The summed E-state index contributed by atoms with van der Waals surface area (Å²) in [5, 5.41) is 12.3. The Morgan fingerprint density at radius 3 is 2.79 bits per heavy atom. The third kappa shape index (κ3) is 3.99. The molecule has 2 N–H and O–H groups in total. The average Bonchev–Trinajstić information content (AvgIpc) is 3.14. The summed E-state index contributed by atoms with van der Waals surface area (Å²) in [5.74, 6) is 0. The Morgan fingerprint density at radius 2 is 2.08 bits per heavy atom. The van der Waals surface area contributed by atoms with Gasteiger partial charge in [0.15, 0.2) is 5.13 Å². The molecular weight excluding hydrogens is 322 g/mol. The highest BCUT2D eigenvalue weighted by Gasteiger charge is 2.09. The molecule has 0 aliphatic rings. The fourth-order valence-corrected chi connectivity index (χ4v) is 2.99. The Kier molecular flexibility index (Phi) is 4.90. The molecule has 0 spiro atoms. The van der Waals surface area contributed by atoms with Crippen LogP contribution < -0.4 is 10.6 Å². The van der Waals surface area contributed by atoms with Gasteiger partial charge < -0.3 is 5.32 Å². The molecular formula is C17H19N5OS. The highest BCUT2D eigenvalue weighted by molar-refractivity contribution is 7.13. The molecule has 2 heterocycles. The number of carbonyl (C=O) groups excluding carboxylic acids is 1. The summed E-state index contributed by atoms with van der Waals surface area (Å²) in [7, 11) is 1.88. The number of aryl methyl sites for hydroxylation is 1. The first-order chi connectivity index (χ1) is 11.6. The first-order valence-electron chi connectivity index (χ1n) is 7.62. The Labute approximate surface area is 144 Å². The molecule has 2 aromatic heterocycles. The molecule has 0 aliphatic heterocycles. The molecule has 0 saturated carbocycles. The van der Waals surface area contributed by atoms with E-state index in [1.807, 2.05) is 37.6 Å². The number of thiazole rings is 1. The molecule has 0 fully saturated rings. The number of carbonyl (C=O) groups is 1. The van der Waals surface area contributed by atoms with E-state index < -0.39 is 0 Å². The Balaban J connectivity index is 1.52. The molecule has 0 radical (unpaired) electrons. The maximum Gasteiger partial charge on any atom is 0.321 e. The number of rotatable bonds is 5. The van der Waals surface area contributed by atoms with Crippen LogP contribution in [0.15, 0.2) is 41.9 Å². The number of hydrogen-bond acceptors (Lipinski definition) is 4. The van der Waals surface area contributed by atoms with Gasteiger partial charge in [0, 0.05) is 36.7 Å². The van der Waals surface area contributed by atoms with Crippen LogP contribution in [0, 0.1) is 6.92 Å². The molecule has 0 unspecified atom stereocenters. The fraction of sp³-hybridized carbons (Fsp3) is 0.235. The zero-order valence-electron chi connectivity index (χ0n) is 13.6. The van der Waals surface area contributed by atoms with Crippen molar-refractivity contribution >= 4 is 22.5 Å². The molecule has 124 valence electrons. The van der Waals surface area contributed by atoms with Crippen LogP contribution >= 0.6 is 11.3 Å². The third-order valence-corrected chi connectivity index (χ3v) is 4.58. The first kappa shape index (κ1) is 16.2. The lowest BCUT2D eigenvalue weighted by molar-refractivity contribution is 0.251. The van der Waals surface area contributed by atoms with E-state index in [1.165, 1.54) is 16.9 Å². The van der Waals surface area contributed by atoms with Gasteiger partial charge in [-0.2, -0.15) is 5.10 Å². The Hall–Kier alpha value is -2.67. The number of nitrogens with zero attached hydrogens (tertiary/aromatic N) is 3. The molecule has 6 nitrogen and oxygen atoms in total. The van der Waals surface area contributed by atoms with E-state index in [-0.39, 0.29) is 6.03 Å². The highest BCUT2D eigenvalue weighted by atomic mass is 32.1. The lowest BCUT2D eigenvalue weighted by atomic mass is 10.1. The van der Waals surface area contributed by atoms with E-state index in [1.54, 1.807) is 10.9 Å². The lowest BCUT2D eigenvalue weighted by Crippen LogP contribution is -2.28. The highest BCUT2D eigenvalue weighted by Crippen LogP contribution is 2.18. The summed E-state index contributed by atoms with van der Waals surface area (Å²) in [6.45, 7) is 2.41. The van der Waals surface area contributed by atoms with E-state index in [4.69, 9.17) is 0 Å². The number of nitrogens with one attached hydrogen (secondary N) is 2. The maximum absolute atomic E-state index is 12.0. The smallest absolute Gasteiger partial charge is 0.321 e. The van der Waals surface area contributed by atoms with Gasteiger partial charge >= 0.3 is 6.03 Å². The van der Waals surface area contributed by atoms with Crippen molar-refractivity contribution in [2.75, 3.05) is 5.32 Å². The molecule has 2 amide bonds. The van der Waals surface area contributed by atoms with Gasteiger partial charge in [-0.15, -0.1) is 11.3 Å². The van der Waals surface area contributed by atoms with Crippen LogP contribution in [0.3, 0.4) is 0 Å². The van der Waals surface area contributed by atoms with Crippen LogP contribution in [0.5, 0.6) is 0 Å². The van der Waals surface area contributed by atoms with Gasteiger partial charge in [-0.1, -0.05) is 30.3 Å². The standard InChI is InChI=1S/C17H19N5OS/c1-12-14(10-19-22(12)2)9-18-16(23)21-17-20-15(11-24-17)8-13-6-4-3-5-7-13/h3-7,10-11H,8-9H2,1-2H3,(H2,18,20,21,23). The molecule has 7 heteroatoms. The van der Waals surface area contributed by atoms with Crippen molar-refractivity contribution in [3.05, 3.63) is 64.4 Å². The van der Waals surface area contributed by atoms with Gasteiger partial charge in [0.05, 0.1) is 11.9 Å². The second kappa shape index (κ2) is 7.27. The molecule has 0 aliphatic carbocycles. The molecule has 3 rings (SSSR count). The van der Waals surface area contributed by atoms with Gasteiger partial charge in [-0.25, -0.2) is 9.78 Å². The molecule has 0 saturated heterocycles. The van der Waals surface area contributed by atoms with Gasteiger partial charge in [-0.05, 0) is 12.5 Å². The second-order valence-corrected chi connectivity index (χ2v) is 6.35. The van der Waals surface area contributed by atoms with Crippen molar-refractivity contribution in [3.8, 4) is 0 Å². The minimum absolute atomic E-state index is 0.265. The molecule has 24 heavy (non-hydrogen) atoms. The number of hydrogen-bond donors (Lipinski definition) is 2. The maximum atomic E-state index is 12.0. The van der Waals surface area contributed by atoms with Crippen LogP contribution in [0.4, 0.5) is 9.93 Å². The van der Waals surface area contributed by atoms with Crippen LogP contribution in [-0.2, 0) is 20.0 Å². The lowest BCUT2D eigenvalue weighted by Gasteiger charge is -2.05. The normalized spacial score (nSPS) is 10.6. The van der Waals surface area contributed by atoms with Crippen LogP contribution in [0.25, 0.3) is 0 Å². The quantitative estimate of drug-likeness (QED) is 0.749. The molecule has 0 atom stereocenters. The predicted octanol–water partition coefficient (Wildman–Crippen LogP) is 3.10. The molecule has 1 aromatic carbocycles. The van der Waals surface area contributed by atoms with E-state index in [0.29, 0.717) is 11.7 Å². The Morgan fingerprint density at radius 1 is 1.29 bits per heavy atom. The van der Waals surface area contributed by atoms with Crippen LogP contribution in [0.2, 0.25) is 0 Å². The van der Waals surface area contributed by atoms with Crippen LogP contribution in [-0.4, -0.2) is 20.8 Å². The van der Waals surface area contributed by atoms with Gasteiger partial charge in [0.1, 0.15) is 0 Å². The number of amides is 2. The monoisotopic (exact) mass is 341 g/mol. The summed E-state index contributed by atoms with van der Waals surface area (Å²) < 4.78 is 1.78. The van der Waals surface area contributed by atoms with Gasteiger partial charge in [-0.3, -0.25) is 10.00 Å². The predicted molar refractivity (Wildman–Crippen MR) is 95.2 cm³/mol. The minimum Gasteiger partial charge on any atom is -0.334 e. The van der Waals surface area contributed by atoms with Gasteiger partial charge in [0.25, 0.3) is 0 Å². The zero-order valence-corrected chi connectivity index (χ0v) is 14.4. The molecule has 0 bridgehead atoms. The van der Waals surface area contributed by atoms with E-state index in [9.17, 15) is 4.79 Å². The van der Waals surface area contributed by atoms with Crippen molar-refractivity contribution in [1.82, 2.24) is 20.1 Å². The minimum atomic E-state index is -0.265. The average molecular weight is 341 g/mol. The first-order valence-corrected chi connectivity index (χ1v) is 8.50. The zero-order chi connectivity index (χ0) is 16.9. The van der Waals surface area contributed by atoms with Crippen molar-refractivity contribution < 1.29 is 4.79 Å². The second-order valence-electron chi connectivity index (χ2n) is 5.49. The number of aromatic nitrogens is 3. The number of anilines is 1. The summed E-state index contributed by atoms with van der Waals surface area (Å²) in [4.78, 5) is 16.4. The van der Waals surface area contributed by atoms with E-state index in [2.05, 4.69) is 32.8 Å². The van der Waals surface area contributed by atoms with Crippen molar-refractivity contribution in [1.29, 1.82) is 0 Å². The van der Waals surface area contributed by atoms with Gasteiger partial charge in [0.2, 0.25) is 0 Å². The summed E-state index contributed by atoms with van der Waals surface area (Å²) in [6, 6.07) is 9.87. The largest absolute Gasteiger partial charge is 0.334 e. The van der Waals surface area contributed by atoms with E-state index >= 15 is 0 Å². The summed E-state index contributed by atoms with van der Waals surface area (Å²) in [6.07, 6.45) is 2.52. The topological polar surface area (TPSA) is 71.8 Å². The van der Waals surface area contributed by atoms with Crippen LogP contribution in [0.1, 0.15) is 22.5 Å².